The van der Waals surface area contributed by atoms with Crippen molar-refractivity contribution >= 4 is 0 Å². The SMILES string of the molecule is CC(NC1CC1)C1CC1.[Cl-]. The van der Waals surface area contributed by atoms with E-state index in [0.29, 0.717) is 0 Å². The van der Waals surface area contributed by atoms with Crippen molar-refractivity contribution < 1.29 is 12.4 Å². The number of rotatable bonds is 3. The van der Waals surface area contributed by atoms with Crippen molar-refractivity contribution in [3.8, 4) is 0 Å². The molecule has 0 amide bonds. The van der Waals surface area contributed by atoms with Crippen LogP contribution in [-0.4, -0.2) is 12.1 Å². The smallest absolute Gasteiger partial charge is 0.00708 e. The Morgan fingerprint density at radius 2 is 1.80 bits per heavy atom. The summed E-state index contributed by atoms with van der Waals surface area (Å²) in [5, 5.41) is 3.62. The first-order valence-electron chi connectivity index (χ1n) is 4.12. The summed E-state index contributed by atoms with van der Waals surface area (Å²) in [5.41, 5.74) is 0. The molecule has 1 nitrogen and oxygen atoms in total. The van der Waals surface area contributed by atoms with E-state index in [4.69, 9.17) is 0 Å². The molecule has 2 rings (SSSR count). The largest absolute Gasteiger partial charge is 1.00 e. The van der Waals surface area contributed by atoms with Crippen LogP contribution in [0.2, 0.25) is 0 Å². The van der Waals surface area contributed by atoms with Crippen LogP contribution in [0.3, 0.4) is 0 Å². The Morgan fingerprint density at radius 1 is 1.20 bits per heavy atom. The van der Waals surface area contributed by atoms with Crippen LogP contribution in [0.1, 0.15) is 32.6 Å². The molecule has 1 unspecified atom stereocenters. The van der Waals surface area contributed by atoms with E-state index in [0.717, 1.165) is 18.0 Å². The highest BCUT2D eigenvalue weighted by Gasteiger charge is 2.31. The Bertz CT molecular complexity index is 108. The van der Waals surface area contributed by atoms with Crippen molar-refractivity contribution in [2.75, 3.05) is 0 Å². The molecule has 10 heavy (non-hydrogen) atoms. The molecule has 0 aliphatic heterocycles. The Balaban J connectivity index is 0.000000500. The van der Waals surface area contributed by atoms with Gasteiger partial charge in [-0.05, 0) is 38.5 Å². The summed E-state index contributed by atoms with van der Waals surface area (Å²) in [5.74, 6) is 1.03. The summed E-state index contributed by atoms with van der Waals surface area (Å²) in [7, 11) is 0. The maximum atomic E-state index is 3.62. The van der Waals surface area contributed by atoms with Crippen molar-refractivity contribution in [2.24, 2.45) is 5.92 Å². The molecule has 2 saturated carbocycles. The van der Waals surface area contributed by atoms with E-state index in [1.54, 1.807) is 0 Å². The van der Waals surface area contributed by atoms with Gasteiger partial charge >= 0.3 is 0 Å². The second-order valence-electron chi connectivity index (χ2n) is 3.57. The summed E-state index contributed by atoms with van der Waals surface area (Å²) < 4.78 is 0. The Hall–Kier alpha value is 0.250. The zero-order valence-electron chi connectivity index (χ0n) is 6.44. The van der Waals surface area contributed by atoms with Gasteiger partial charge in [-0.2, -0.15) is 0 Å². The molecule has 60 valence electrons. The van der Waals surface area contributed by atoms with Gasteiger partial charge in [-0.25, -0.2) is 0 Å². The zero-order valence-corrected chi connectivity index (χ0v) is 7.19. The van der Waals surface area contributed by atoms with Crippen LogP contribution in [0, 0.1) is 5.92 Å². The molecule has 0 aromatic rings. The fourth-order valence-electron chi connectivity index (χ4n) is 1.35. The predicted octanol–water partition coefficient (Wildman–Crippen LogP) is -1.46. The molecule has 2 aliphatic rings. The van der Waals surface area contributed by atoms with Crippen LogP contribution in [-0.2, 0) is 0 Å². The Labute approximate surface area is 69.0 Å². The van der Waals surface area contributed by atoms with Gasteiger partial charge in [0.05, 0.1) is 0 Å². The van der Waals surface area contributed by atoms with E-state index in [9.17, 15) is 0 Å². The standard InChI is InChI=1S/C8H15N.ClH/c1-6(7-2-3-7)9-8-4-5-8;/h6-9H,2-5H2,1H3;1H/p-1. The number of hydrogen-bond donors (Lipinski definition) is 1. The molecule has 1 atom stereocenters. The molecule has 2 heteroatoms. The van der Waals surface area contributed by atoms with E-state index in [1.807, 2.05) is 0 Å². The fourth-order valence-corrected chi connectivity index (χ4v) is 1.35. The molecule has 0 radical (unpaired) electrons. The summed E-state index contributed by atoms with van der Waals surface area (Å²) in [6, 6.07) is 1.72. The minimum absolute atomic E-state index is 0. The molecule has 2 aliphatic carbocycles. The number of hydrogen-bond acceptors (Lipinski definition) is 1. The van der Waals surface area contributed by atoms with Crippen molar-refractivity contribution in [1.82, 2.24) is 5.32 Å². The van der Waals surface area contributed by atoms with Crippen LogP contribution in [0.4, 0.5) is 0 Å². The summed E-state index contributed by atoms with van der Waals surface area (Å²) in [4.78, 5) is 0. The van der Waals surface area contributed by atoms with Crippen LogP contribution in [0.5, 0.6) is 0 Å². The van der Waals surface area contributed by atoms with Gasteiger partial charge in [0.1, 0.15) is 0 Å². The van der Waals surface area contributed by atoms with Crippen LogP contribution < -0.4 is 17.7 Å². The van der Waals surface area contributed by atoms with Gasteiger partial charge in [-0.1, -0.05) is 0 Å². The van der Waals surface area contributed by atoms with Gasteiger partial charge in [-0.15, -0.1) is 0 Å². The van der Waals surface area contributed by atoms with Gasteiger partial charge in [0.2, 0.25) is 0 Å². The van der Waals surface area contributed by atoms with Crippen molar-refractivity contribution in [3.63, 3.8) is 0 Å². The van der Waals surface area contributed by atoms with E-state index in [-0.39, 0.29) is 12.4 Å². The van der Waals surface area contributed by atoms with Crippen LogP contribution in [0.15, 0.2) is 0 Å². The van der Waals surface area contributed by atoms with E-state index in [2.05, 4.69) is 12.2 Å². The molecular formula is C8H15ClN-. The molecule has 0 aromatic carbocycles. The van der Waals surface area contributed by atoms with Crippen molar-refractivity contribution in [3.05, 3.63) is 0 Å². The van der Waals surface area contributed by atoms with Gasteiger partial charge in [0, 0.05) is 12.1 Å². The lowest BCUT2D eigenvalue weighted by Gasteiger charge is -2.10. The Kier molecular flexibility index (Phi) is 2.59. The maximum absolute atomic E-state index is 3.62. The highest BCUT2D eigenvalue weighted by molar-refractivity contribution is 4.90. The third-order valence-corrected chi connectivity index (χ3v) is 2.41. The topological polar surface area (TPSA) is 12.0 Å². The molecule has 2 fully saturated rings. The molecule has 0 spiro atoms. The first-order valence-corrected chi connectivity index (χ1v) is 4.12. The summed E-state index contributed by atoms with van der Waals surface area (Å²) >= 11 is 0. The highest BCUT2D eigenvalue weighted by atomic mass is 35.5. The lowest BCUT2D eigenvalue weighted by atomic mass is 10.2. The van der Waals surface area contributed by atoms with E-state index >= 15 is 0 Å². The second kappa shape index (κ2) is 3.10. The molecule has 0 heterocycles. The average Bonchev–Trinajstić information content (AvgIpc) is 2.62. The lowest BCUT2D eigenvalue weighted by Crippen LogP contribution is -3.00. The normalized spacial score (nSPS) is 27.3. The minimum Gasteiger partial charge on any atom is -1.00 e. The molecule has 0 aromatic heterocycles. The monoisotopic (exact) mass is 160 g/mol. The van der Waals surface area contributed by atoms with Crippen LogP contribution >= 0.6 is 0 Å². The maximum Gasteiger partial charge on any atom is 0.00708 e. The van der Waals surface area contributed by atoms with Gasteiger partial charge in [0.25, 0.3) is 0 Å². The molecule has 0 bridgehead atoms. The average molecular weight is 161 g/mol. The lowest BCUT2D eigenvalue weighted by molar-refractivity contribution is -0.00000211. The minimum atomic E-state index is 0. The van der Waals surface area contributed by atoms with Gasteiger partial charge in [-0.3, -0.25) is 0 Å². The third kappa shape index (κ3) is 2.14. The summed E-state index contributed by atoms with van der Waals surface area (Å²) in [6.07, 6.45) is 5.80. The first kappa shape index (κ1) is 8.35. The van der Waals surface area contributed by atoms with Gasteiger partial charge in [0.15, 0.2) is 0 Å². The number of halogens is 1. The predicted molar refractivity (Wildman–Crippen MR) is 38.3 cm³/mol. The first-order chi connectivity index (χ1) is 4.36. The van der Waals surface area contributed by atoms with Crippen LogP contribution in [0.25, 0.3) is 0 Å². The molecule has 1 N–H and O–H groups in total. The Morgan fingerprint density at radius 3 is 2.20 bits per heavy atom. The summed E-state index contributed by atoms with van der Waals surface area (Å²) in [6.45, 7) is 2.33. The van der Waals surface area contributed by atoms with Crippen molar-refractivity contribution in [2.45, 2.75) is 44.7 Å². The van der Waals surface area contributed by atoms with Gasteiger partial charge < -0.3 is 17.7 Å². The molecule has 0 saturated heterocycles. The fraction of sp³-hybridized carbons (Fsp3) is 1.00. The van der Waals surface area contributed by atoms with E-state index in [1.165, 1.54) is 25.7 Å². The number of nitrogens with one attached hydrogen (secondary N) is 1. The molecular weight excluding hydrogens is 146 g/mol. The second-order valence-corrected chi connectivity index (χ2v) is 3.57. The van der Waals surface area contributed by atoms with E-state index < -0.39 is 0 Å². The third-order valence-electron chi connectivity index (χ3n) is 2.41. The highest BCUT2D eigenvalue weighted by Crippen LogP contribution is 2.34. The van der Waals surface area contributed by atoms with Crippen molar-refractivity contribution in [1.29, 1.82) is 0 Å². The quantitative estimate of drug-likeness (QED) is 0.533. The zero-order chi connectivity index (χ0) is 6.27.